The molecule has 0 saturated carbocycles. The summed E-state index contributed by atoms with van der Waals surface area (Å²) in [5, 5.41) is 6.21. The van der Waals surface area contributed by atoms with E-state index in [1.807, 2.05) is 15.8 Å². The van der Waals surface area contributed by atoms with Crippen molar-refractivity contribution in [2.24, 2.45) is 0 Å². The van der Waals surface area contributed by atoms with Crippen LogP contribution >= 0.6 is 11.3 Å². The van der Waals surface area contributed by atoms with Crippen molar-refractivity contribution in [2.75, 3.05) is 20.3 Å². The second-order valence-electron chi connectivity index (χ2n) is 4.96. The van der Waals surface area contributed by atoms with Crippen LogP contribution in [-0.2, 0) is 17.7 Å². The Morgan fingerprint density at radius 3 is 3.10 bits per heavy atom. The molecule has 1 amide bonds. The topological polar surface area (TPSA) is 60.2 Å². The molecule has 0 saturated heterocycles. The SMILES string of the molecule is CCn1ncc2c1[C@@H](COC)N(C(=O)c1cscn1)CC2. The summed E-state index contributed by atoms with van der Waals surface area (Å²) in [6, 6.07) is -0.101. The van der Waals surface area contributed by atoms with Gasteiger partial charge in [0.1, 0.15) is 5.69 Å². The van der Waals surface area contributed by atoms with Crippen molar-refractivity contribution in [3.63, 3.8) is 0 Å². The van der Waals surface area contributed by atoms with Crippen molar-refractivity contribution in [3.05, 3.63) is 34.0 Å². The summed E-state index contributed by atoms with van der Waals surface area (Å²) in [6.45, 7) is 3.98. The molecule has 0 unspecified atom stereocenters. The Hall–Kier alpha value is -1.73. The maximum atomic E-state index is 12.7. The minimum Gasteiger partial charge on any atom is -0.382 e. The molecule has 0 N–H and O–H groups in total. The predicted molar refractivity (Wildman–Crippen MR) is 79.4 cm³/mol. The first-order chi connectivity index (χ1) is 10.3. The standard InChI is InChI=1S/C14H18N4O2S/c1-3-18-13-10(6-16-18)4-5-17(12(13)7-20-2)14(19)11-8-21-9-15-11/h6,8-9,12H,3-5,7H2,1-2H3/t12-/m1/s1. The minimum atomic E-state index is -0.101. The molecule has 0 aliphatic carbocycles. The van der Waals surface area contributed by atoms with E-state index >= 15 is 0 Å². The van der Waals surface area contributed by atoms with Gasteiger partial charge in [-0.25, -0.2) is 4.98 Å². The highest BCUT2D eigenvalue weighted by Gasteiger charge is 2.34. The molecule has 0 bridgehead atoms. The smallest absolute Gasteiger partial charge is 0.273 e. The Morgan fingerprint density at radius 1 is 1.57 bits per heavy atom. The van der Waals surface area contributed by atoms with Gasteiger partial charge in [0.05, 0.1) is 30.1 Å². The fraction of sp³-hybridized carbons (Fsp3) is 0.500. The Morgan fingerprint density at radius 2 is 2.43 bits per heavy atom. The Bertz CT molecular complexity index is 609. The minimum absolute atomic E-state index is 0.0344. The molecule has 1 aliphatic rings. The van der Waals surface area contributed by atoms with Crippen LogP contribution in [0.15, 0.2) is 17.1 Å². The van der Waals surface area contributed by atoms with Gasteiger partial charge in [0, 0.05) is 25.6 Å². The zero-order valence-electron chi connectivity index (χ0n) is 12.2. The van der Waals surface area contributed by atoms with Crippen LogP contribution in [-0.4, -0.2) is 45.8 Å². The monoisotopic (exact) mass is 306 g/mol. The van der Waals surface area contributed by atoms with E-state index in [2.05, 4.69) is 17.0 Å². The summed E-state index contributed by atoms with van der Waals surface area (Å²) in [5.74, 6) is -0.0344. The fourth-order valence-electron chi connectivity index (χ4n) is 2.84. The number of hydrogen-bond acceptors (Lipinski definition) is 5. The van der Waals surface area contributed by atoms with Gasteiger partial charge in [-0.15, -0.1) is 11.3 Å². The van der Waals surface area contributed by atoms with E-state index in [9.17, 15) is 4.79 Å². The van der Waals surface area contributed by atoms with Crippen LogP contribution in [0.25, 0.3) is 0 Å². The van der Waals surface area contributed by atoms with Crippen LogP contribution in [0.1, 0.15) is 34.7 Å². The molecule has 0 fully saturated rings. The maximum absolute atomic E-state index is 12.7. The van der Waals surface area contributed by atoms with E-state index < -0.39 is 0 Å². The summed E-state index contributed by atoms with van der Waals surface area (Å²) in [5.41, 5.74) is 4.49. The molecule has 3 rings (SSSR count). The summed E-state index contributed by atoms with van der Waals surface area (Å²) in [6.07, 6.45) is 2.73. The molecule has 112 valence electrons. The average molecular weight is 306 g/mol. The third-order valence-corrected chi connectivity index (χ3v) is 4.40. The second-order valence-corrected chi connectivity index (χ2v) is 5.68. The molecule has 1 atom stereocenters. The lowest BCUT2D eigenvalue weighted by molar-refractivity contribution is 0.0478. The molecular weight excluding hydrogens is 288 g/mol. The number of rotatable bonds is 4. The first-order valence-corrected chi connectivity index (χ1v) is 7.93. The van der Waals surface area contributed by atoms with Gasteiger partial charge in [-0.3, -0.25) is 9.48 Å². The molecule has 2 aromatic heterocycles. The number of nitrogens with zero attached hydrogens (tertiary/aromatic N) is 4. The summed E-state index contributed by atoms with van der Waals surface area (Å²) in [7, 11) is 1.66. The molecule has 2 aromatic rings. The Labute approximate surface area is 127 Å². The van der Waals surface area contributed by atoms with Crippen LogP contribution in [0.5, 0.6) is 0 Å². The second kappa shape index (κ2) is 5.95. The summed E-state index contributed by atoms with van der Waals surface area (Å²) in [4.78, 5) is 18.7. The van der Waals surface area contributed by atoms with E-state index in [4.69, 9.17) is 4.74 Å². The summed E-state index contributed by atoms with van der Waals surface area (Å²) < 4.78 is 7.31. The number of thiazole rings is 1. The van der Waals surface area contributed by atoms with Crippen molar-refractivity contribution in [2.45, 2.75) is 25.9 Å². The number of carbonyl (C=O) groups is 1. The third kappa shape index (κ3) is 2.47. The summed E-state index contributed by atoms with van der Waals surface area (Å²) >= 11 is 1.43. The number of fused-ring (bicyclic) bond motifs is 1. The van der Waals surface area contributed by atoms with Crippen LogP contribution < -0.4 is 0 Å². The lowest BCUT2D eigenvalue weighted by Gasteiger charge is -2.35. The van der Waals surface area contributed by atoms with Gasteiger partial charge in [0.25, 0.3) is 5.91 Å². The Kier molecular flexibility index (Phi) is 4.03. The number of ether oxygens (including phenoxy) is 1. The van der Waals surface area contributed by atoms with Crippen molar-refractivity contribution in [1.82, 2.24) is 19.7 Å². The van der Waals surface area contributed by atoms with Crippen LogP contribution in [0.3, 0.4) is 0 Å². The van der Waals surface area contributed by atoms with Crippen LogP contribution in [0, 0.1) is 0 Å². The zero-order valence-corrected chi connectivity index (χ0v) is 13.0. The Balaban J connectivity index is 1.96. The highest BCUT2D eigenvalue weighted by molar-refractivity contribution is 7.07. The quantitative estimate of drug-likeness (QED) is 0.863. The van der Waals surface area contributed by atoms with Gasteiger partial charge in [-0.1, -0.05) is 0 Å². The third-order valence-electron chi connectivity index (χ3n) is 3.81. The van der Waals surface area contributed by atoms with Crippen molar-refractivity contribution >= 4 is 17.2 Å². The highest BCUT2D eigenvalue weighted by atomic mass is 32.1. The first kappa shape index (κ1) is 14.2. The molecular formula is C14H18N4O2S. The number of aryl methyl sites for hydroxylation is 1. The average Bonchev–Trinajstić information content (AvgIpc) is 3.16. The number of hydrogen-bond donors (Lipinski definition) is 0. The fourth-order valence-corrected chi connectivity index (χ4v) is 3.37. The van der Waals surface area contributed by atoms with Crippen LogP contribution in [0.4, 0.5) is 0 Å². The molecule has 0 radical (unpaired) electrons. The lowest BCUT2D eigenvalue weighted by Crippen LogP contribution is -2.42. The molecule has 0 aromatic carbocycles. The van der Waals surface area contributed by atoms with Gasteiger partial charge in [-0.2, -0.15) is 5.10 Å². The zero-order chi connectivity index (χ0) is 14.8. The van der Waals surface area contributed by atoms with E-state index in [1.165, 1.54) is 16.9 Å². The normalized spacial score (nSPS) is 17.8. The lowest BCUT2D eigenvalue weighted by atomic mass is 9.99. The molecule has 0 spiro atoms. The number of methoxy groups -OCH3 is 1. The van der Waals surface area contributed by atoms with Gasteiger partial charge < -0.3 is 9.64 Å². The van der Waals surface area contributed by atoms with E-state index in [-0.39, 0.29) is 11.9 Å². The van der Waals surface area contributed by atoms with Gasteiger partial charge in [-0.05, 0) is 18.9 Å². The van der Waals surface area contributed by atoms with E-state index in [0.717, 1.165) is 18.7 Å². The first-order valence-electron chi connectivity index (χ1n) is 6.99. The van der Waals surface area contributed by atoms with Crippen molar-refractivity contribution < 1.29 is 9.53 Å². The molecule has 3 heterocycles. The molecule has 1 aliphatic heterocycles. The largest absolute Gasteiger partial charge is 0.382 e. The van der Waals surface area contributed by atoms with E-state index in [1.54, 1.807) is 18.0 Å². The van der Waals surface area contributed by atoms with E-state index in [0.29, 0.717) is 18.8 Å². The molecule has 6 nitrogen and oxygen atoms in total. The number of aromatic nitrogens is 3. The van der Waals surface area contributed by atoms with Crippen molar-refractivity contribution in [1.29, 1.82) is 0 Å². The van der Waals surface area contributed by atoms with Gasteiger partial charge in [0.2, 0.25) is 0 Å². The molecule has 7 heteroatoms. The molecule has 21 heavy (non-hydrogen) atoms. The number of amides is 1. The van der Waals surface area contributed by atoms with Crippen LogP contribution in [0.2, 0.25) is 0 Å². The highest BCUT2D eigenvalue weighted by Crippen LogP contribution is 2.31. The number of carbonyl (C=O) groups excluding carboxylic acids is 1. The van der Waals surface area contributed by atoms with Crippen molar-refractivity contribution in [3.8, 4) is 0 Å². The predicted octanol–water partition coefficient (Wildman–Crippen LogP) is 1.75. The maximum Gasteiger partial charge on any atom is 0.273 e. The van der Waals surface area contributed by atoms with Gasteiger partial charge in [0.15, 0.2) is 0 Å². The van der Waals surface area contributed by atoms with Gasteiger partial charge >= 0.3 is 0 Å².